The zero-order valence-electron chi connectivity index (χ0n) is 9.72. The van der Waals surface area contributed by atoms with E-state index < -0.39 is 0 Å². The highest BCUT2D eigenvalue weighted by molar-refractivity contribution is 7.80. The molecule has 1 saturated heterocycles. The summed E-state index contributed by atoms with van der Waals surface area (Å²) in [6, 6.07) is 0.831. The zero-order valence-corrected chi connectivity index (χ0v) is 10.6. The molecule has 1 heterocycles. The third kappa shape index (κ3) is 3.34. The summed E-state index contributed by atoms with van der Waals surface area (Å²) in [6.07, 6.45) is 3.12. The van der Waals surface area contributed by atoms with Crippen LogP contribution in [0.4, 0.5) is 0 Å². The van der Waals surface area contributed by atoms with Crippen molar-refractivity contribution in [3.63, 3.8) is 0 Å². The molecule has 4 heteroatoms. The molecule has 2 aliphatic rings. The average Bonchev–Trinajstić information content (AvgIpc) is 3.01. The Hall–Kier alpha value is 0.230. The first-order valence-corrected chi connectivity index (χ1v) is 6.42. The number of hydrogen-bond donors (Lipinski definition) is 1. The highest BCUT2D eigenvalue weighted by Crippen LogP contribution is 2.26. The Morgan fingerprint density at radius 2 is 2.27 bits per heavy atom. The van der Waals surface area contributed by atoms with Gasteiger partial charge < -0.3 is 9.64 Å². The van der Waals surface area contributed by atoms with Gasteiger partial charge in [-0.1, -0.05) is 0 Å². The van der Waals surface area contributed by atoms with Crippen LogP contribution in [0.5, 0.6) is 0 Å². The second kappa shape index (κ2) is 5.04. The summed E-state index contributed by atoms with van der Waals surface area (Å²) in [4.78, 5) is 4.83. The molecule has 2 fully saturated rings. The molecule has 15 heavy (non-hydrogen) atoms. The predicted octanol–water partition coefficient (Wildman–Crippen LogP) is 1.06. The van der Waals surface area contributed by atoms with E-state index in [1.54, 1.807) is 0 Å². The van der Waals surface area contributed by atoms with E-state index in [2.05, 4.69) is 36.4 Å². The maximum atomic E-state index is 5.79. The van der Waals surface area contributed by atoms with Gasteiger partial charge in [0.2, 0.25) is 0 Å². The van der Waals surface area contributed by atoms with Crippen molar-refractivity contribution < 1.29 is 4.74 Å². The van der Waals surface area contributed by atoms with Gasteiger partial charge in [-0.15, -0.1) is 0 Å². The van der Waals surface area contributed by atoms with Gasteiger partial charge in [0.05, 0.1) is 18.1 Å². The molecule has 1 aliphatic heterocycles. The Morgan fingerprint density at radius 1 is 1.53 bits per heavy atom. The summed E-state index contributed by atoms with van der Waals surface area (Å²) in [7, 11) is 2.21. The molecule has 1 aliphatic carbocycles. The van der Waals surface area contributed by atoms with E-state index in [-0.39, 0.29) is 0 Å². The van der Waals surface area contributed by atoms with Crippen LogP contribution in [0.1, 0.15) is 19.8 Å². The molecule has 0 amide bonds. The molecule has 1 unspecified atom stereocenters. The standard InChI is InChI=1S/C11H22N2OS/c1-9(15)13-5-6-14-11(8-13)7-12(2)10-3-4-10/h9-11,15H,3-8H2,1-2H3/t9?,11-/m0/s1. The van der Waals surface area contributed by atoms with Crippen molar-refractivity contribution in [1.82, 2.24) is 9.80 Å². The minimum absolute atomic E-state index is 0.350. The van der Waals surface area contributed by atoms with Crippen LogP contribution in [0.25, 0.3) is 0 Å². The molecule has 2 atom stereocenters. The molecule has 0 aromatic carbocycles. The molecule has 0 aromatic heterocycles. The predicted molar refractivity (Wildman–Crippen MR) is 65.4 cm³/mol. The van der Waals surface area contributed by atoms with Gasteiger partial charge in [-0.05, 0) is 26.8 Å². The third-order valence-electron chi connectivity index (χ3n) is 3.36. The van der Waals surface area contributed by atoms with E-state index in [1.165, 1.54) is 12.8 Å². The van der Waals surface area contributed by atoms with E-state index in [0.717, 1.165) is 32.3 Å². The van der Waals surface area contributed by atoms with Crippen LogP contribution in [0.2, 0.25) is 0 Å². The quantitative estimate of drug-likeness (QED) is 0.727. The van der Waals surface area contributed by atoms with E-state index in [9.17, 15) is 0 Å². The van der Waals surface area contributed by atoms with E-state index in [4.69, 9.17) is 4.74 Å². The van der Waals surface area contributed by atoms with Crippen molar-refractivity contribution in [2.75, 3.05) is 33.3 Å². The lowest BCUT2D eigenvalue weighted by molar-refractivity contribution is -0.0430. The van der Waals surface area contributed by atoms with E-state index >= 15 is 0 Å². The van der Waals surface area contributed by atoms with Crippen LogP contribution in [0.15, 0.2) is 0 Å². The smallest absolute Gasteiger partial charge is 0.0829 e. The van der Waals surface area contributed by atoms with Crippen molar-refractivity contribution in [3.05, 3.63) is 0 Å². The number of thiol groups is 1. The number of likely N-dealkylation sites (N-methyl/N-ethyl adjacent to an activating group) is 1. The van der Waals surface area contributed by atoms with Crippen LogP contribution in [0, 0.1) is 0 Å². The molecule has 3 nitrogen and oxygen atoms in total. The Morgan fingerprint density at radius 3 is 2.87 bits per heavy atom. The Kier molecular flexibility index (Phi) is 3.93. The fraction of sp³-hybridized carbons (Fsp3) is 1.00. The highest BCUT2D eigenvalue weighted by atomic mass is 32.1. The lowest BCUT2D eigenvalue weighted by Gasteiger charge is -2.36. The molecule has 1 saturated carbocycles. The molecular weight excluding hydrogens is 208 g/mol. The van der Waals surface area contributed by atoms with Gasteiger partial charge in [0.25, 0.3) is 0 Å². The van der Waals surface area contributed by atoms with Crippen LogP contribution in [-0.2, 0) is 4.74 Å². The van der Waals surface area contributed by atoms with Crippen molar-refractivity contribution in [3.8, 4) is 0 Å². The normalized spacial score (nSPS) is 30.8. The van der Waals surface area contributed by atoms with Crippen LogP contribution in [-0.4, -0.2) is 60.6 Å². The maximum absolute atomic E-state index is 5.79. The summed E-state index contributed by atoms with van der Waals surface area (Å²) in [6.45, 7) is 6.11. The lowest BCUT2D eigenvalue weighted by Crippen LogP contribution is -2.49. The Balaban J connectivity index is 1.76. The van der Waals surface area contributed by atoms with Gasteiger partial charge in [0.15, 0.2) is 0 Å². The first-order valence-electron chi connectivity index (χ1n) is 5.91. The molecule has 0 spiro atoms. The Bertz CT molecular complexity index is 207. The largest absolute Gasteiger partial charge is 0.374 e. The van der Waals surface area contributed by atoms with Gasteiger partial charge in [0, 0.05) is 25.7 Å². The van der Waals surface area contributed by atoms with Gasteiger partial charge in [-0.2, -0.15) is 12.6 Å². The molecule has 0 radical (unpaired) electrons. The summed E-state index contributed by atoms with van der Waals surface area (Å²) in [5, 5.41) is 0.350. The summed E-state index contributed by atoms with van der Waals surface area (Å²) < 4.78 is 5.79. The fourth-order valence-electron chi connectivity index (χ4n) is 2.18. The third-order valence-corrected chi connectivity index (χ3v) is 3.69. The maximum Gasteiger partial charge on any atom is 0.0829 e. The number of rotatable bonds is 4. The van der Waals surface area contributed by atoms with Crippen molar-refractivity contribution >= 4 is 12.6 Å². The van der Waals surface area contributed by atoms with Crippen LogP contribution >= 0.6 is 12.6 Å². The number of ether oxygens (including phenoxy) is 1. The lowest BCUT2D eigenvalue weighted by atomic mass is 10.2. The summed E-state index contributed by atoms with van der Waals surface area (Å²) in [5.41, 5.74) is 0. The minimum atomic E-state index is 0.350. The SMILES string of the molecule is CC(S)N1CCO[C@@H](CN(C)C2CC2)C1. The van der Waals surface area contributed by atoms with Crippen LogP contribution in [0.3, 0.4) is 0 Å². The molecule has 0 bridgehead atoms. The number of morpholine rings is 1. The molecule has 0 N–H and O–H groups in total. The monoisotopic (exact) mass is 230 g/mol. The molecule has 2 rings (SSSR count). The van der Waals surface area contributed by atoms with Gasteiger partial charge in [-0.3, -0.25) is 4.90 Å². The second-order valence-electron chi connectivity index (χ2n) is 4.79. The van der Waals surface area contributed by atoms with E-state index in [1.807, 2.05) is 0 Å². The van der Waals surface area contributed by atoms with E-state index in [0.29, 0.717) is 11.5 Å². The second-order valence-corrected chi connectivity index (χ2v) is 5.54. The first kappa shape index (κ1) is 11.7. The van der Waals surface area contributed by atoms with Crippen LogP contribution < -0.4 is 0 Å². The fourth-order valence-corrected chi connectivity index (χ4v) is 2.39. The average molecular weight is 230 g/mol. The van der Waals surface area contributed by atoms with Gasteiger partial charge >= 0.3 is 0 Å². The van der Waals surface area contributed by atoms with Gasteiger partial charge in [0.1, 0.15) is 0 Å². The van der Waals surface area contributed by atoms with Gasteiger partial charge in [-0.25, -0.2) is 0 Å². The summed E-state index contributed by atoms with van der Waals surface area (Å²) in [5.74, 6) is 0. The van der Waals surface area contributed by atoms with Crippen molar-refractivity contribution in [2.24, 2.45) is 0 Å². The molecule has 88 valence electrons. The highest BCUT2D eigenvalue weighted by Gasteiger charge is 2.30. The van der Waals surface area contributed by atoms with Crippen molar-refractivity contribution in [1.29, 1.82) is 0 Å². The topological polar surface area (TPSA) is 15.7 Å². The first-order chi connectivity index (χ1) is 7.16. The van der Waals surface area contributed by atoms with Crippen molar-refractivity contribution in [2.45, 2.75) is 37.3 Å². The number of hydrogen-bond acceptors (Lipinski definition) is 4. The summed E-state index contributed by atoms with van der Waals surface area (Å²) >= 11 is 4.48. The Labute approximate surface area is 98.2 Å². The molecular formula is C11H22N2OS. The molecule has 0 aromatic rings. The zero-order chi connectivity index (χ0) is 10.8. The number of nitrogens with zero attached hydrogens (tertiary/aromatic N) is 2. The minimum Gasteiger partial charge on any atom is -0.374 e.